The summed E-state index contributed by atoms with van der Waals surface area (Å²) in [5.74, 6) is 1.08. The monoisotopic (exact) mass is 687 g/mol. The molecular weight excluding hydrogens is 666 g/mol. The first-order valence-electron chi connectivity index (χ1n) is 12.3. The summed E-state index contributed by atoms with van der Waals surface area (Å²) in [6.07, 6.45) is 1.73. The maximum atomic E-state index is 13.9. The van der Waals surface area contributed by atoms with Crippen LogP contribution < -0.4 is 14.9 Å². The van der Waals surface area contributed by atoms with Gasteiger partial charge in [0.1, 0.15) is 11.5 Å². The van der Waals surface area contributed by atoms with Crippen LogP contribution in [0.25, 0.3) is 17.4 Å². The first-order valence-corrected chi connectivity index (χ1v) is 15.1. The van der Waals surface area contributed by atoms with Crippen LogP contribution in [0.5, 0.6) is 0 Å². The van der Waals surface area contributed by atoms with Gasteiger partial charge in [0, 0.05) is 38.7 Å². The molecular formula is C29H24Br2ClN3O3S. The highest BCUT2D eigenvalue weighted by molar-refractivity contribution is 9.11. The Morgan fingerprint density at radius 1 is 1.13 bits per heavy atom. The Bertz CT molecular complexity index is 1780. The van der Waals surface area contributed by atoms with Gasteiger partial charge in [0.15, 0.2) is 4.80 Å². The summed E-state index contributed by atoms with van der Waals surface area (Å²) in [4.78, 5) is 34.5. The van der Waals surface area contributed by atoms with Crippen molar-refractivity contribution >= 4 is 66.8 Å². The number of hydrogen-bond acceptors (Lipinski definition) is 5. The summed E-state index contributed by atoms with van der Waals surface area (Å²) in [5, 5.41) is 0.578. The minimum absolute atomic E-state index is 0.134. The van der Waals surface area contributed by atoms with E-state index < -0.39 is 6.04 Å². The molecule has 2 aromatic heterocycles. The van der Waals surface area contributed by atoms with Gasteiger partial charge < -0.3 is 9.32 Å². The number of benzene rings is 2. The normalized spacial score (nSPS) is 15.3. The van der Waals surface area contributed by atoms with Gasteiger partial charge in [-0.1, -0.05) is 66.9 Å². The second-order valence-electron chi connectivity index (χ2n) is 8.94. The molecule has 0 fully saturated rings. The number of furan rings is 1. The number of carbonyl (C=O) groups is 1. The van der Waals surface area contributed by atoms with Crippen LogP contribution in [0.1, 0.15) is 38.1 Å². The third kappa shape index (κ3) is 5.37. The average molecular weight is 690 g/mol. The van der Waals surface area contributed by atoms with Gasteiger partial charge in [-0.05, 0) is 68.8 Å². The van der Waals surface area contributed by atoms with E-state index >= 15 is 0 Å². The van der Waals surface area contributed by atoms with Crippen molar-refractivity contribution in [2.24, 2.45) is 4.99 Å². The summed E-state index contributed by atoms with van der Waals surface area (Å²) in [6.45, 7) is 6.81. The summed E-state index contributed by atoms with van der Waals surface area (Å²) < 4.78 is 10.00. The molecule has 0 bridgehead atoms. The van der Waals surface area contributed by atoms with Crippen LogP contribution in [0.2, 0.25) is 5.02 Å². The number of halogens is 3. The van der Waals surface area contributed by atoms with Gasteiger partial charge in [-0.25, -0.2) is 4.99 Å². The minimum Gasteiger partial charge on any atom is -0.457 e. The number of carbonyl (C=O) groups excluding carboxylic acids is 1. The fourth-order valence-electron chi connectivity index (χ4n) is 4.63. The van der Waals surface area contributed by atoms with Crippen LogP contribution in [-0.2, 0) is 4.79 Å². The lowest BCUT2D eigenvalue weighted by atomic mass is 9.94. The highest BCUT2D eigenvalue weighted by Crippen LogP contribution is 2.33. The summed E-state index contributed by atoms with van der Waals surface area (Å²) in [6, 6.07) is 16.2. The molecule has 0 N–H and O–H groups in total. The lowest BCUT2D eigenvalue weighted by Crippen LogP contribution is -2.43. The van der Waals surface area contributed by atoms with Crippen molar-refractivity contribution in [3.05, 3.63) is 111 Å². The van der Waals surface area contributed by atoms with Crippen molar-refractivity contribution in [2.75, 3.05) is 13.1 Å². The van der Waals surface area contributed by atoms with Gasteiger partial charge in [-0.3, -0.25) is 14.2 Å². The fraction of sp³-hybridized carbons (Fsp3) is 0.207. The number of fused-ring (bicyclic) bond motifs is 1. The number of allylic oxidation sites excluding steroid dienone is 1. The third-order valence-electron chi connectivity index (χ3n) is 6.58. The second kappa shape index (κ2) is 11.4. The van der Waals surface area contributed by atoms with Gasteiger partial charge in [-0.2, -0.15) is 0 Å². The van der Waals surface area contributed by atoms with Crippen LogP contribution in [0, 0.1) is 0 Å². The zero-order chi connectivity index (χ0) is 27.8. The van der Waals surface area contributed by atoms with E-state index in [-0.39, 0.29) is 11.5 Å². The molecule has 200 valence electrons. The van der Waals surface area contributed by atoms with E-state index in [2.05, 4.69) is 31.9 Å². The number of likely N-dealkylation sites (N-methyl/N-ethyl adjacent to an activating group) is 1. The summed E-state index contributed by atoms with van der Waals surface area (Å²) >= 11 is 14.5. The molecule has 6 nitrogen and oxygen atoms in total. The van der Waals surface area contributed by atoms with Crippen molar-refractivity contribution in [2.45, 2.75) is 26.8 Å². The highest BCUT2D eigenvalue weighted by atomic mass is 79.9. The number of hydrogen-bond donors (Lipinski definition) is 0. The van der Waals surface area contributed by atoms with Crippen molar-refractivity contribution in [1.82, 2.24) is 9.47 Å². The summed E-state index contributed by atoms with van der Waals surface area (Å²) in [5.41, 5.74) is 2.52. The molecule has 39 heavy (non-hydrogen) atoms. The number of nitrogens with zero attached hydrogens (tertiary/aromatic N) is 3. The smallest absolute Gasteiger partial charge is 0.271 e. The summed E-state index contributed by atoms with van der Waals surface area (Å²) in [7, 11) is 0. The van der Waals surface area contributed by atoms with E-state index in [1.165, 1.54) is 11.3 Å². The second-order valence-corrected chi connectivity index (χ2v) is 12.2. The minimum atomic E-state index is -0.626. The van der Waals surface area contributed by atoms with Crippen LogP contribution in [-0.4, -0.2) is 28.5 Å². The van der Waals surface area contributed by atoms with Crippen LogP contribution in [0.15, 0.2) is 89.0 Å². The molecule has 1 amide bonds. The molecule has 5 rings (SSSR count). The number of aromatic nitrogens is 1. The Morgan fingerprint density at radius 2 is 1.85 bits per heavy atom. The van der Waals surface area contributed by atoms with Gasteiger partial charge in [-0.15, -0.1) is 0 Å². The molecule has 1 atom stereocenters. The SMILES string of the molecule is CCN(CC)C(=O)C1=C(C)N=c2s/c(=C\c3ccc(-c4cc(Br)ccc4Br)o3)c(=O)n2[C@H]1c1ccc(Cl)cc1. The first kappa shape index (κ1) is 27.8. The first-order chi connectivity index (χ1) is 18.7. The number of rotatable bonds is 6. The van der Waals surface area contributed by atoms with Crippen LogP contribution in [0.4, 0.5) is 0 Å². The van der Waals surface area contributed by atoms with E-state index in [0.29, 0.717) is 50.2 Å². The Hall–Kier alpha value is -2.72. The molecule has 0 spiro atoms. The largest absolute Gasteiger partial charge is 0.457 e. The molecule has 3 heterocycles. The Balaban J connectivity index is 1.65. The average Bonchev–Trinajstić information content (AvgIpc) is 3.50. The molecule has 10 heteroatoms. The van der Waals surface area contributed by atoms with E-state index in [0.717, 1.165) is 20.1 Å². The molecule has 0 aliphatic carbocycles. The number of amides is 1. The molecule has 0 saturated heterocycles. The van der Waals surface area contributed by atoms with Gasteiger partial charge in [0.05, 0.1) is 21.8 Å². The molecule has 1 aliphatic rings. The molecule has 0 radical (unpaired) electrons. The zero-order valence-corrected chi connectivity index (χ0v) is 26.1. The van der Waals surface area contributed by atoms with E-state index in [1.807, 2.05) is 63.2 Å². The van der Waals surface area contributed by atoms with Crippen LogP contribution in [0.3, 0.4) is 0 Å². The van der Waals surface area contributed by atoms with Gasteiger partial charge >= 0.3 is 0 Å². The highest BCUT2D eigenvalue weighted by Gasteiger charge is 2.34. The van der Waals surface area contributed by atoms with Gasteiger partial charge in [0.25, 0.3) is 11.5 Å². The predicted octanol–water partition coefficient (Wildman–Crippen LogP) is 6.54. The van der Waals surface area contributed by atoms with E-state index in [4.69, 9.17) is 21.0 Å². The lowest BCUT2D eigenvalue weighted by molar-refractivity contribution is -0.127. The topological polar surface area (TPSA) is 67.8 Å². The molecule has 0 unspecified atom stereocenters. The molecule has 2 aromatic carbocycles. The van der Waals surface area contributed by atoms with Crippen molar-refractivity contribution < 1.29 is 9.21 Å². The Morgan fingerprint density at radius 3 is 2.54 bits per heavy atom. The quantitative estimate of drug-likeness (QED) is 0.231. The Kier molecular flexibility index (Phi) is 8.14. The maximum Gasteiger partial charge on any atom is 0.271 e. The molecule has 0 saturated carbocycles. The third-order valence-corrected chi connectivity index (χ3v) is 9.00. The van der Waals surface area contributed by atoms with E-state index in [1.54, 1.807) is 27.7 Å². The maximum absolute atomic E-state index is 13.9. The van der Waals surface area contributed by atoms with E-state index in [9.17, 15) is 9.59 Å². The Labute approximate surface area is 251 Å². The van der Waals surface area contributed by atoms with Crippen molar-refractivity contribution in [3.63, 3.8) is 0 Å². The predicted molar refractivity (Wildman–Crippen MR) is 163 cm³/mol. The number of thiazole rings is 1. The van der Waals surface area contributed by atoms with Crippen molar-refractivity contribution in [3.8, 4) is 11.3 Å². The van der Waals surface area contributed by atoms with Crippen molar-refractivity contribution in [1.29, 1.82) is 0 Å². The lowest BCUT2D eigenvalue weighted by Gasteiger charge is -2.29. The molecule has 1 aliphatic heterocycles. The zero-order valence-electron chi connectivity index (χ0n) is 21.4. The molecule has 4 aromatic rings. The van der Waals surface area contributed by atoms with Gasteiger partial charge in [0.2, 0.25) is 0 Å². The standard InChI is InChI=1S/C29H24Br2ClN3O3S/c1-4-34(5-2)28(37)25-16(3)33-29-35(26(25)17-6-9-19(32)10-7-17)27(36)24(39-29)15-20-11-13-23(38-20)21-14-18(30)8-12-22(21)31/h6-15,26H,4-5H2,1-3H3/b24-15-/t26-/m0/s1. The fourth-order valence-corrected chi connectivity index (χ4v) is 6.58. The van der Waals surface area contributed by atoms with Crippen LogP contribution >= 0.6 is 54.8 Å².